The number of nitrogens with zero attached hydrogens (tertiary/aromatic N) is 1. The Morgan fingerprint density at radius 1 is 1.00 bits per heavy atom. The molecule has 0 aliphatic carbocycles. The van der Waals surface area contributed by atoms with Gasteiger partial charge in [0.1, 0.15) is 5.76 Å². The molecule has 0 radical (unpaired) electrons. The quantitative estimate of drug-likeness (QED) is 0.723. The molecule has 2 aromatic carbocycles. The predicted octanol–water partition coefficient (Wildman–Crippen LogP) is 4.47. The van der Waals surface area contributed by atoms with Gasteiger partial charge < -0.3 is 4.52 Å². The first-order chi connectivity index (χ1) is 12.2. The fraction of sp³-hybridized carbons (Fsp3) is 0.118. The van der Waals surface area contributed by atoms with Gasteiger partial charge in [0, 0.05) is 6.07 Å². The van der Waals surface area contributed by atoms with Gasteiger partial charge in [0.05, 0.1) is 10.5 Å². The molecule has 3 rings (SSSR count). The summed E-state index contributed by atoms with van der Waals surface area (Å²) in [6.45, 7) is 1.53. The lowest BCUT2D eigenvalue weighted by molar-refractivity contribution is -0.139. The minimum Gasteiger partial charge on any atom is -0.360 e. The highest BCUT2D eigenvalue weighted by molar-refractivity contribution is 7.92. The summed E-state index contributed by atoms with van der Waals surface area (Å²) >= 11 is 0. The van der Waals surface area contributed by atoms with Gasteiger partial charge >= 0.3 is 6.18 Å². The first-order valence-corrected chi connectivity index (χ1v) is 8.88. The van der Waals surface area contributed by atoms with Gasteiger partial charge in [0.25, 0.3) is 10.0 Å². The highest BCUT2D eigenvalue weighted by Gasteiger charge is 2.37. The van der Waals surface area contributed by atoms with E-state index in [0.29, 0.717) is 11.3 Å². The molecule has 5 nitrogen and oxygen atoms in total. The van der Waals surface area contributed by atoms with Crippen LogP contribution in [-0.2, 0) is 16.2 Å². The number of hydrogen-bond acceptors (Lipinski definition) is 4. The third-order valence-electron chi connectivity index (χ3n) is 3.55. The Balaban J connectivity index is 2.09. The first-order valence-electron chi connectivity index (χ1n) is 7.39. The zero-order valence-corrected chi connectivity index (χ0v) is 14.2. The molecule has 3 aromatic rings. The fourth-order valence-corrected chi connectivity index (χ4v) is 3.60. The van der Waals surface area contributed by atoms with E-state index in [0.717, 1.165) is 12.1 Å². The molecule has 0 saturated carbocycles. The van der Waals surface area contributed by atoms with Crippen LogP contribution in [0.25, 0.3) is 11.1 Å². The molecule has 0 bridgehead atoms. The molecule has 0 amide bonds. The van der Waals surface area contributed by atoms with Crippen molar-refractivity contribution in [3.63, 3.8) is 0 Å². The van der Waals surface area contributed by atoms with Gasteiger partial charge in [-0.3, -0.25) is 4.72 Å². The van der Waals surface area contributed by atoms with Gasteiger partial charge in [0.15, 0.2) is 5.82 Å². The molecule has 0 atom stereocenters. The summed E-state index contributed by atoms with van der Waals surface area (Å²) in [5.41, 5.74) is -0.456. The van der Waals surface area contributed by atoms with E-state index < -0.39 is 26.7 Å². The van der Waals surface area contributed by atoms with Crippen molar-refractivity contribution >= 4 is 15.8 Å². The molecule has 0 unspecified atom stereocenters. The van der Waals surface area contributed by atoms with Crippen molar-refractivity contribution in [2.45, 2.75) is 18.0 Å². The van der Waals surface area contributed by atoms with Crippen LogP contribution in [0.2, 0.25) is 0 Å². The number of benzene rings is 2. The third-order valence-corrected chi connectivity index (χ3v) is 4.96. The van der Waals surface area contributed by atoms with Gasteiger partial charge in [-0.25, -0.2) is 8.42 Å². The highest BCUT2D eigenvalue weighted by atomic mass is 32.2. The Morgan fingerprint density at radius 2 is 1.69 bits per heavy atom. The number of aryl methyl sites for hydroxylation is 1. The molecule has 1 N–H and O–H groups in total. The van der Waals surface area contributed by atoms with Crippen LogP contribution < -0.4 is 4.72 Å². The molecule has 1 aromatic heterocycles. The lowest BCUT2D eigenvalue weighted by Gasteiger charge is -2.15. The number of anilines is 1. The number of aromatic nitrogens is 1. The first kappa shape index (κ1) is 18.0. The van der Waals surface area contributed by atoms with Crippen molar-refractivity contribution in [1.29, 1.82) is 0 Å². The lowest BCUT2D eigenvalue weighted by atomic mass is 10.0. The molecule has 9 heteroatoms. The van der Waals surface area contributed by atoms with Gasteiger partial charge in [0.2, 0.25) is 0 Å². The maximum absolute atomic E-state index is 13.5. The smallest absolute Gasteiger partial charge is 0.360 e. The molecule has 0 spiro atoms. The Morgan fingerprint density at radius 3 is 2.27 bits per heavy atom. The number of hydrogen-bond donors (Lipinski definition) is 1. The average molecular weight is 382 g/mol. The normalized spacial score (nSPS) is 12.2. The SMILES string of the molecule is Cc1cc(NS(=O)(=O)c2ccc(-c3ccccc3)cc2C(F)(F)F)no1. The van der Waals surface area contributed by atoms with Gasteiger partial charge in [-0.05, 0) is 30.2 Å². The Hall–Kier alpha value is -2.81. The number of sulfonamides is 1. The third kappa shape index (κ3) is 3.72. The van der Waals surface area contributed by atoms with Crippen molar-refractivity contribution in [3.8, 4) is 11.1 Å². The van der Waals surface area contributed by atoms with Crippen LogP contribution in [0, 0.1) is 6.92 Å². The number of rotatable bonds is 4. The van der Waals surface area contributed by atoms with Crippen LogP contribution >= 0.6 is 0 Å². The van der Waals surface area contributed by atoms with Crippen LogP contribution in [0.15, 0.2) is 64.0 Å². The standard InChI is InChI=1S/C17H13F3N2O3S/c1-11-9-16(21-25-11)22-26(23,24)15-8-7-13(10-14(15)17(18,19)20)12-5-3-2-4-6-12/h2-10H,1H3,(H,21,22). The van der Waals surface area contributed by atoms with E-state index in [1.165, 1.54) is 19.1 Å². The predicted molar refractivity (Wildman–Crippen MR) is 88.9 cm³/mol. The highest BCUT2D eigenvalue weighted by Crippen LogP contribution is 2.37. The van der Waals surface area contributed by atoms with Crippen LogP contribution in [0.1, 0.15) is 11.3 Å². The molecule has 0 saturated heterocycles. The van der Waals surface area contributed by atoms with Gasteiger partial charge in [-0.1, -0.05) is 41.6 Å². The summed E-state index contributed by atoms with van der Waals surface area (Å²) in [5, 5.41) is 3.44. The number of nitrogens with one attached hydrogen (secondary N) is 1. The molecule has 0 fully saturated rings. The molecule has 136 valence electrons. The summed E-state index contributed by atoms with van der Waals surface area (Å²) in [7, 11) is -4.51. The van der Waals surface area contributed by atoms with Gasteiger partial charge in [-0.15, -0.1) is 0 Å². The summed E-state index contributed by atoms with van der Waals surface area (Å²) in [6, 6.07) is 12.7. The van der Waals surface area contributed by atoms with E-state index >= 15 is 0 Å². The van der Waals surface area contributed by atoms with Crippen LogP contribution in [0.3, 0.4) is 0 Å². The monoisotopic (exact) mass is 382 g/mol. The van der Waals surface area contributed by atoms with E-state index in [1.54, 1.807) is 30.3 Å². The maximum atomic E-state index is 13.5. The number of alkyl halides is 3. The molecule has 26 heavy (non-hydrogen) atoms. The Labute approximate surface area is 147 Å². The Kier molecular flexibility index (Phi) is 4.49. The minimum atomic E-state index is -4.85. The lowest BCUT2D eigenvalue weighted by Crippen LogP contribution is -2.19. The minimum absolute atomic E-state index is 0.192. The van der Waals surface area contributed by atoms with E-state index in [2.05, 4.69) is 5.16 Å². The van der Waals surface area contributed by atoms with Crippen molar-refractivity contribution in [2.24, 2.45) is 0 Å². The molecular formula is C17H13F3N2O3S. The van der Waals surface area contributed by atoms with E-state index in [4.69, 9.17) is 4.52 Å². The summed E-state index contributed by atoms with van der Waals surface area (Å²) < 4.78 is 72.1. The van der Waals surface area contributed by atoms with Crippen molar-refractivity contribution in [2.75, 3.05) is 4.72 Å². The van der Waals surface area contributed by atoms with E-state index in [1.807, 2.05) is 4.72 Å². The van der Waals surface area contributed by atoms with Crippen molar-refractivity contribution in [3.05, 3.63) is 65.9 Å². The maximum Gasteiger partial charge on any atom is 0.417 e. The summed E-state index contributed by atoms with van der Waals surface area (Å²) in [6.07, 6.45) is -4.85. The van der Waals surface area contributed by atoms with Crippen molar-refractivity contribution < 1.29 is 26.1 Å². The second kappa shape index (κ2) is 6.49. The second-order valence-corrected chi connectivity index (χ2v) is 7.15. The zero-order chi connectivity index (χ0) is 18.9. The van der Waals surface area contributed by atoms with Crippen LogP contribution in [0.5, 0.6) is 0 Å². The zero-order valence-electron chi connectivity index (χ0n) is 13.4. The van der Waals surface area contributed by atoms with E-state index in [9.17, 15) is 21.6 Å². The number of halogens is 3. The average Bonchev–Trinajstić information content (AvgIpc) is 2.98. The van der Waals surface area contributed by atoms with Crippen LogP contribution in [0.4, 0.5) is 19.0 Å². The second-order valence-electron chi connectivity index (χ2n) is 5.50. The summed E-state index contributed by atoms with van der Waals surface area (Å²) in [4.78, 5) is -0.884. The molecular weight excluding hydrogens is 369 g/mol. The fourth-order valence-electron chi connectivity index (χ4n) is 2.40. The summed E-state index contributed by atoms with van der Waals surface area (Å²) in [5.74, 6) is 0.126. The van der Waals surface area contributed by atoms with Crippen molar-refractivity contribution in [1.82, 2.24) is 5.16 Å². The van der Waals surface area contributed by atoms with E-state index in [-0.39, 0.29) is 11.4 Å². The molecule has 1 heterocycles. The Bertz CT molecular complexity index is 1030. The topological polar surface area (TPSA) is 72.2 Å². The van der Waals surface area contributed by atoms with Crippen LogP contribution in [-0.4, -0.2) is 13.6 Å². The molecule has 0 aliphatic rings. The molecule has 0 aliphatic heterocycles. The van der Waals surface area contributed by atoms with Gasteiger partial charge in [-0.2, -0.15) is 13.2 Å². The largest absolute Gasteiger partial charge is 0.417 e.